The third kappa shape index (κ3) is 5.36. The molecule has 0 fully saturated rings. The van der Waals surface area contributed by atoms with Crippen LogP contribution < -0.4 is 0 Å². The molecule has 2 nitrogen and oxygen atoms in total. The third-order valence-electron chi connectivity index (χ3n) is 3.34. The molecular weight excluding hydrogens is 322 g/mol. The number of nitrogens with zero attached hydrogens (tertiary/aromatic N) is 1. The summed E-state index contributed by atoms with van der Waals surface area (Å²) >= 11 is 4.95. The predicted molar refractivity (Wildman–Crippen MR) is 87.2 cm³/mol. The van der Waals surface area contributed by atoms with E-state index in [1.807, 2.05) is 19.1 Å². The number of Topliss-reactive ketones (excluding diaryl/α,β-unsaturated/α-hetero) is 1. The van der Waals surface area contributed by atoms with Crippen molar-refractivity contribution in [1.29, 1.82) is 0 Å². The Kier molecular flexibility index (Phi) is 7.88. The molecule has 1 atom stereocenters. The lowest BCUT2D eigenvalue weighted by atomic mass is 10.1. The number of unbranched alkanes of at least 4 members (excludes halogenated alkanes) is 2. The van der Waals surface area contributed by atoms with Gasteiger partial charge >= 0.3 is 0 Å². The molecule has 1 aromatic rings. The number of rotatable bonds is 9. The second-order valence-electron chi connectivity index (χ2n) is 4.89. The fourth-order valence-electron chi connectivity index (χ4n) is 2.04. The first-order valence-electron chi connectivity index (χ1n) is 7.13. The summed E-state index contributed by atoms with van der Waals surface area (Å²) in [6.45, 7) is 8.48. The van der Waals surface area contributed by atoms with Crippen molar-refractivity contribution >= 4 is 33.0 Å². The second kappa shape index (κ2) is 8.88. The van der Waals surface area contributed by atoms with Gasteiger partial charge in [0.05, 0.1) is 14.7 Å². The summed E-state index contributed by atoms with van der Waals surface area (Å²) in [5.74, 6) is 0.253. The van der Waals surface area contributed by atoms with Crippen LogP contribution in [0.15, 0.2) is 15.9 Å². The first-order chi connectivity index (χ1) is 9.10. The number of hydrogen-bond donors (Lipinski definition) is 0. The molecule has 0 amide bonds. The lowest BCUT2D eigenvalue weighted by Gasteiger charge is -2.27. The van der Waals surface area contributed by atoms with E-state index in [-0.39, 0.29) is 11.8 Å². The van der Waals surface area contributed by atoms with E-state index in [1.54, 1.807) is 0 Å². The van der Waals surface area contributed by atoms with Crippen molar-refractivity contribution in [2.24, 2.45) is 0 Å². The van der Waals surface area contributed by atoms with Gasteiger partial charge in [-0.3, -0.25) is 9.69 Å². The fraction of sp³-hybridized carbons (Fsp3) is 0.667. The monoisotopic (exact) mass is 345 g/mol. The van der Waals surface area contributed by atoms with Crippen molar-refractivity contribution in [3.63, 3.8) is 0 Å². The summed E-state index contributed by atoms with van der Waals surface area (Å²) in [6, 6.07) is 3.86. The number of carbonyl (C=O) groups excluding carboxylic acids is 1. The summed E-state index contributed by atoms with van der Waals surface area (Å²) < 4.78 is 1.02. The molecule has 1 heterocycles. The smallest absolute Gasteiger partial charge is 0.189 e. The second-order valence-corrected chi connectivity index (χ2v) is 7.35. The molecule has 108 valence electrons. The zero-order valence-electron chi connectivity index (χ0n) is 12.1. The molecule has 1 aromatic heterocycles. The minimum Gasteiger partial charge on any atom is -0.293 e. The molecule has 0 saturated heterocycles. The molecule has 19 heavy (non-hydrogen) atoms. The Morgan fingerprint density at radius 2 is 1.84 bits per heavy atom. The van der Waals surface area contributed by atoms with E-state index in [0.717, 1.165) is 34.6 Å². The zero-order valence-corrected chi connectivity index (χ0v) is 14.5. The Bertz CT molecular complexity index is 383. The molecule has 1 unspecified atom stereocenters. The van der Waals surface area contributed by atoms with Crippen molar-refractivity contribution in [2.45, 2.75) is 52.5 Å². The van der Waals surface area contributed by atoms with E-state index in [4.69, 9.17) is 0 Å². The van der Waals surface area contributed by atoms with Crippen molar-refractivity contribution in [3.8, 4) is 0 Å². The average Bonchev–Trinajstić information content (AvgIpc) is 2.84. The van der Waals surface area contributed by atoms with Gasteiger partial charge in [0.25, 0.3) is 0 Å². The highest BCUT2D eigenvalue weighted by molar-refractivity contribution is 9.11. The maximum absolute atomic E-state index is 12.5. The molecule has 1 rings (SSSR count). The normalized spacial score (nSPS) is 12.9. The van der Waals surface area contributed by atoms with Crippen LogP contribution in [0.1, 0.15) is 56.1 Å². The topological polar surface area (TPSA) is 20.3 Å². The van der Waals surface area contributed by atoms with E-state index in [0.29, 0.717) is 0 Å². The Hall–Kier alpha value is -0.190. The quantitative estimate of drug-likeness (QED) is 0.588. The van der Waals surface area contributed by atoms with Crippen LogP contribution in [0.3, 0.4) is 0 Å². The van der Waals surface area contributed by atoms with E-state index < -0.39 is 0 Å². The highest BCUT2D eigenvalue weighted by atomic mass is 79.9. The number of thiophene rings is 1. The van der Waals surface area contributed by atoms with Crippen LogP contribution in [-0.2, 0) is 0 Å². The largest absolute Gasteiger partial charge is 0.293 e. The molecule has 0 aliphatic carbocycles. The number of halogens is 1. The molecule has 0 bridgehead atoms. The predicted octanol–water partition coefficient (Wildman–Crippen LogP) is 4.98. The van der Waals surface area contributed by atoms with E-state index >= 15 is 0 Å². The van der Waals surface area contributed by atoms with Crippen LogP contribution in [0.5, 0.6) is 0 Å². The van der Waals surface area contributed by atoms with Gasteiger partial charge in [0.1, 0.15) is 0 Å². The minimum absolute atomic E-state index is 0.0105. The lowest BCUT2D eigenvalue weighted by Crippen LogP contribution is -2.40. The van der Waals surface area contributed by atoms with Gasteiger partial charge in [-0.15, -0.1) is 11.3 Å². The molecule has 0 spiro atoms. The number of ketones is 1. The molecule has 0 aromatic carbocycles. The summed E-state index contributed by atoms with van der Waals surface area (Å²) in [4.78, 5) is 15.7. The molecule has 0 aliphatic rings. The summed E-state index contributed by atoms with van der Waals surface area (Å²) in [6.07, 6.45) is 4.67. The van der Waals surface area contributed by atoms with Crippen LogP contribution in [-0.4, -0.2) is 29.8 Å². The van der Waals surface area contributed by atoms with Gasteiger partial charge in [-0.25, -0.2) is 0 Å². The standard InChI is InChI=1S/C15H24BrNOS/c1-4-6-10-17(11-7-5-2)12(3)15(18)13-8-9-14(16)19-13/h8-9,12H,4-7,10-11H2,1-3H3. The van der Waals surface area contributed by atoms with Crippen LogP contribution >= 0.6 is 27.3 Å². The fourth-order valence-corrected chi connectivity index (χ4v) is 3.45. The van der Waals surface area contributed by atoms with Crippen LogP contribution in [0.2, 0.25) is 0 Å². The Labute approximate surface area is 129 Å². The molecule has 0 N–H and O–H groups in total. The third-order valence-corrected chi connectivity index (χ3v) is 4.98. The van der Waals surface area contributed by atoms with Crippen molar-refractivity contribution < 1.29 is 4.79 Å². The van der Waals surface area contributed by atoms with Crippen LogP contribution in [0.4, 0.5) is 0 Å². The summed E-state index contributed by atoms with van der Waals surface area (Å²) in [5.41, 5.74) is 0. The van der Waals surface area contributed by atoms with Gasteiger partial charge in [-0.1, -0.05) is 26.7 Å². The first kappa shape index (κ1) is 16.9. The van der Waals surface area contributed by atoms with Gasteiger partial charge in [0.2, 0.25) is 0 Å². The van der Waals surface area contributed by atoms with Crippen molar-refractivity contribution in [3.05, 3.63) is 20.8 Å². The number of hydrogen-bond acceptors (Lipinski definition) is 3. The number of carbonyl (C=O) groups is 1. The van der Waals surface area contributed by atoms with E-state index in [2.05, 4.69) is 34.7 Å². The van der Waals surface area contributed by atoms with Gasteiger partial charge < -0.3 is 0 Å². The lowest BCUT2D eigenvalue weighted by molar-refractivity contribution is 0.0838. The molecule has 0 radical (unpaired) electrons. The van der Waals surface area contributed by atoms with Gasteiger partial charge in [0.15, 0.2) is 5.78 Å². The Balaban J connectivity index is 2.68. The minimum atomic E-state index is -0.0105. The maximum atomic E-state index is 12.5. The average molecular weight is 346 g/mol. The highest BCUT2D eigenvalue weighted by Crippen LogP contribution is 2.24. The van der Waals surface area contributed by atoms with Crippen LogP contribution in [0, 0.1) is 0 Å². The summed E-state index contributed by atoms with van der Waals surface area (Å²) in [5, 5.41) is 0. The van der Waals surface area contributed by atoms with Gasteiger partial charge in [-0.05, 0) is 60.9 Å². The highest BCUT2D eigenvalue weighted by Gasteiger charge is 2.22. The molecule has 4 heteroatoms. The Morgan fingerprint density at radius 3 is 2.26 bits per heavy atom. The van der Waals surface area contributed by atoms with Crippen LogP contribution in [0.25, 0.3) is 0 Å². The Morgan fingerprint density at radius 1 is 1.26 bits per heavy atom. The molecule has 0 aliphatic heterocycles. The summed E-state index contributed by atoms with van der Waals surface area (Å²) in [7, 11) is 0. The molecule has 0 saturated carbocycles. The first-order valence-corrected chi connectivity index (χ1v) is 8.74. The van der Waals surface area contributed by atoms with Crippen molar-refractivity contribution in [1.82, 2.24) is 4.90 Å². The van der Waals surface area contributed by atoms with E-state index in [1.165, 1.54) is 24.2 Å². The van der Waals surface area contributed by atoms with Gasteiger partial charge in [0, 0.05) is 0 Å². The van der Waals surface area contributed by atoms with Crippen molar-refractivity contribution in [2.75, 3.05) is 13.1 Å². The van der Waals surface area contributed by atoms with E-state index in [9.17, 15) is 4.79 Å². The zero-order chi connectivity index (χ0) is 14.3. The molecular formula is C15H24BrNOS. The maximum Gasteiger partial charge on any atom is 0.189 e. The van der Waals surface area contributed by atoms with Gasteiger partial charge in [-0.2, -0.15) is 0 Å². The SMILES string of the molecule is CCCCN(CCCC)C(C)C(=O)c1ccc(Br)s1.